The van der Waals surface area contributed by atoms with E-state index >= 15 is 0 Å². The second-order valence-corrected chi connectivity index (χ2v) is 9.42. The maximum atomic E-state index is 12.9. The standard InChI is InChI=1S/C20H23ClN2O3S/c1-14-9-15(2)13-23(12-14)20(24)16-5-3-8-19(10-16)27(25,26)22-18-7-4-6-17(21)11-18/h3-8,10-11,14-15,22H,9,12-13H2,1-2H3/t14-,15+. The monoisotopic (exact) mass is 406 g/mol. The first-order valence-corrected chi connectivity index (χ1v) is 10.8. The number of rotatable bonds is 4. The predicted molar refractivity (Wildman–Crippen MR) is 108 cm³/mol. The number of nitrogens with one attached hydrogen (secondary N) is 1. The summed E-state index contributed by atoms with van der Waals surface area (Å²) in [5, 5.41) is 0.437. The van der Waals surface area contributed by atoms with Crippen LogP contribution in [0.4, 0.5) is 5.69 Å². The second kappa shape index (κ2) is 7.90. The lowest BCUT2D eigenvalue weighted by molar-refractivity contribution is 0.0623. The molecule has 0 bridgehead atoms. The largest absolute Gasteiger partial charge is 0.338 e. The number of nitrogens with zero attached hydrogens (tertiary/aromatic N) is 1. The number of hydrogen-bond donors (Lipinski definition) is 1. The third-order valence-corrected chi connectivity index (χ3v) is 6.24. The molecule has 0 saturated carbocycles. The zero-order valence-corrected chi connectivity index (χ0v) is 16.9. The zero-order chi connectivity index (χ0) is 19.6. The average molecular weight is 407 g/mol. The Labute approximate surface area is 165 Å². The molecular formula is C20H23ClN2O3S. The van der Waals surface area contributed by atoms with E-state index in [-0.39, 0.29) is 10.8 Å². The molecule has 1 fully saturated rings. The van der Waals surface area contributed by atoms with Crippen molar-refractivity contribution in [2.45, 2.75) is 25.2 Å². The van der Waals surface area contributed by atoms with Gasteiger partial charge in [-0.05, 0) is 54.7 Å². The Bertz CT molecular complexity index is 936. The molecule has 1 amide bonds. The lowest BCUT2D eigenvalue weighted by Crippen LogP contribution is -2.42. The molecule has 0 spiro atoms. The quantitative estimate of drug-likeness (QED) is 0.824. The van der Waals surface area contributed by atoms with Crippen molar-refractivity contribution in [3.05, 3.63) is 59.1 Å². The van der Waals surface area contributed by atoms with Crippen LogP contribution in [0.1, 0.15) is 30.6 Å². The predicted octanol–water partition coefficient (Wildman–Crippen LogP) is 4.26. The summed E-state index contributed by atoms with van der Waals surface area (Å²) in [6.45, 7) is 5.65. The van der Waals surface area contributed by atoms with Crippen molar-refractivity contribution in [2.75, 3.05) is 17.8 Å². The van der Waals surface area contributed by atoms with Gasteiger partial charge in [-0.15, -0.1) is 0 Å². The Morgan fingerprint density at radius 1 is 1.07 bits per heavy atom. The number of piperidine rings is 1. The van der Waals surface area contributed by atoms with Gasteiger partial charge >= 0.3 is 0 Å². The van der Waals surface area contributed by atoms with Crippen molar-refractivity contribution in [1.82, 2.24) is 4.90 Å². The number of carbonyl (C=O) groups is 1. The molecule has 2 aromatic rings. The van der Waals surface area contributed by atoms with Crippen molar-refractivity contribution in [3.8, 4) is 0 Å². The van der Waals surface area contributed by atoms with Crippen LogP contribution < -0.4 is 4.72 Å². The summed E-state index contributed by atoms with van der Waals surface area (Å²) < 4.78 is 27.9. The van der Waals surface area contributed by atoms with Crippen molar-refractivity contribution in [1.29, 1.82) is 0 Å². The van der Waals surface area contributed by atoms with Gasteiger partial charge < -0.3 is 4.90 Å². The Kier molecular flexibility index (Phi) is 5.77. The Balaban J connectivity index is 1.83. The van der Waals surface area contributed by atoms with Gasteiger partial charge in [0, 0.05) is 23.7 Å². The van der Waals surface area contributed by atoms with Crippen LogP contribution in [0.2, 0.25) is 5.02 Å². The van der Waals surface area contributed by atoms with Crippen LogP contribution in [0.25, 0.3) is 0 Å². The lowest BCUT2D eigenvalue weighted by atomic mass is 9.91. The summed E-state index contributed by atoms with van der Waals surface area (Å²) >= 11 is 5.91. The number of halogens is 1. The third kappa shape index (κ3) is 4.82. The van der Waals surface area contributed by atoms with Gasteiger partial charge in [0.05, 0.1) is 10.6 Å². The van der Waals surface area contributed by atoms with Gasteiger partial charge in [0.15, 0.2) is 0 Å². The minimum absolute atomic E-state index is 0.0476. The molecule has 1 aliphatic heterocycles. The van der Waals surface area contributed by atoms with E-state index in [1.165, 1.54) is 18.2 Å². The molecule has 1 N–H and O–H groups in total. The van der Waals surface area contributed by atoms with Crippen LogP contribution in [0.3, 0.4) is 0 Å². The Morgan fingerprint density at radius 3 is 2.41 bits per heavy atom. The van der Waals surface area contributed by atoms with Gasteiger partial charge in [0.25, 0.3) is 15.9 Å². The number of sulfonamides is 1. The first-order valence-electron chi connectivity index (χ1n) is 8.92. The van der Waals surface area contributed by atoms with Crippen LogP contribution in [0, 0.1) is 11.8 Å². The summed E-state index contributed by atoms with van der Waals surface area (Å²) in [7, 11) is -3.82. The first kappa shape index (κ1) is 19.7. The molecule has 1 aliphatic rings. The van der Waals surface area contributed by atoms with Gasteiger partial charge in [0.2, 0.25) is 0 Å². The summed E-state index contributed by atoms with van der Waals surface area (Å²) in [4.78, 5) is 14.7. The molecule has 144 valence electrons. The van der Waals surface area contributed by atoms with E-state index in [0.717, 1.165) is 6.42 Å². The van der Waals surface area contributed by atoms with Gasteiger partial charge in [-0.1, -0.05) is 37.6 Å². The third-order valence-electron chi connectivity index (χ3n) is 4.62. The highest BCUT2D eigenvalue weighted by molar-refractivity contribution is 7.92. The molecule has 0 aromatic heterocycles. The summed E-state index contributed by atoms with van der Waals surface area (Å²) in [5.41, 5.74) is 0.753. The van der Waals surface area contributed by atoms with Gasteiger partial charge in [-0.2, -0.15) is 0 Å². The van der Waals surface area contributed by atoms with Gasteiger partial charge in [-0.3, -0.25) is 9.52 Å². The van der Waals surface area contributed by atoms with E-state index in [1.54, 1.807) is 30.3 Å². The molecule has 2 aromatic carbocycles. The van der Waals surface area contributed by atoms with Crippen molar-refractivity contribution in [2.24, 2.45) is 11.8 Å². The smallest absolute Gasteiger partial charge is 0.261 e. The van der Waals surface area contributed by atoms with Crippen molar-refractivity contribution in [3.63, 3.8) is 0 Å². The molecule has 0 unspecified atom stereocenters. The molecule has 1 heterocycles. The maximum absolute atomic E-state index is 12.9. The topological polar surface area (TPSA) is 66.5 Å². The number of amides is 1. The fourth-order valence-corrected chi connectivity index (χ4v) is 4.86. The lowest BCUT2D eigenvalue weighted by Gasteiger charge is -2.35. The fraction of sp³-hybridized carbons (Fsp3) is 0.350. The first-order chi connectivity index (χ1) is 12.7. The fourth-order valence-electron chi connectivity index (χ4n) is 3.57. The minimum atomic E-state index is -3.82. The number of likely N-dealkylation sites (tertiary alicyclic amines) is 1. The van der Waals surface area contributed by atoms with Crippen LogP contribution >= 0.6 is 11.6 Å². The summed E-state index contributed by atoms with van der Waals surface area (Å²) in [5.74, 6) is 0.747. The van der Waals surface area contributed by atoms with E-state index in [1.807, 2.05) is 4.90 Å². The summed E-state index contributed by atoms with van der Waals surface area (Å²) in [6.07, 6.45) is 1.10. The Hall–Kier alpha value is -2.05. The van der Waals surface area contributed by atoms with Crippen LogP contribution in [0.5, 0.6) is 0 Å². The number of benzene rings is 2. The van der Waals surface area contributed by atoms with E-state index in [4.69, 9.17) is 11.6 Å². The van der Waals surface area contributed by atoms with E-state index in [2.05, 4.69) is 18.6 Å². The van der Waals surface area contributed by atoms with Gasteiger partial charge in [0.1, 0.15) is 0 Å². The SMILES string of the molecule is C[C@@H]1C[C@H](C)CN(C(=O)c2cccc(S(=O)(=O)Nc3cccc(Cl)c3)c2)C1. The van der Waals surface area contributed by atoms with E-state index < -0.39 is 10.0 Å². The van der Waals surface area contributed by atoms with Crippen molar-refractivity contribution >= 4 is 33.2 Å². The summed E-state index contributed by atoms with van der Waals surface area (Å²) in [6, 6.07) is 12.6. The number of carbonyl (C=O) groups excluding carboxylic acids is 1. The normalized spacial score (nSPS) is 20.3. The number of anilines is 1. The maximum Gasteiger partial charge on any atom is 0.261 e. The molecule has 7 heteroatoms. The molecule has 5 nitrogen and oxygen atoms in total. The molecule has 27 heavy (non-hydrogen) atoms. The highest BCUT2D eigenvalue weighted by atomic mass is 35.5. The number of hydrogen-bond acceptors (Lipinski definition) is 3. The van der Waals surface area contributed by atoms with Crippen molar-refractivity contribution < 1.29 is 13.2 Å². The van der Waals surface area contributed by atoms with Gasteiger partial charge in [-0.25, -0.2) is 8.42 Å². The second-order valence-electron chi connectivity index (χ2n) is 7.30. The molecule has 0 aliphatic carbocycles. The molecule has 0 radical (unpaired) electrons. The average Bonchev–Trinajstić information content (AvgIpc) is 2.60. The minimum Gasteiger partial charge on any atom is -0.338 e. The zero-order valence-electron chi connectivity index (χ0n) is 15.4. The highest BCUT2D eigenvalue weighted by Crippen LogP contribution is 2.24. The van der Waals surface area contributed by atoms with E-state index in [0.29, 0.717) is 41.2 Å². The Morgan fingerprint density at radius 2 is 1.74 bits per heavy atom. The molecule has 2 atom stereocenters. The van der Waals surface area contributed by atoms with E-state index in [9.17, 15) is 13.2 Å². The highest BCUT2D eigenvalue weighted by Gasteiger charge is 2.27. The molecule has 1 saturated heterocycles. The van der Waals surface area contributed by atoms with Crippen LogP contribution in [-0.4, -0.2) is 32.3 Å². The van der Waals surface area contributed by atoms with Crippen LogP contribution in [0.15, 0.2) is 53.4 Å². The van der Waals surface area contributed by atoms with Crippen LogP contribution in [-0.2, 0) is 10.0 Å². The molecule has 3 rings (SSSR count). The molecular weight excluding hydrogens is 384 g/mol.